The van der Waals surface area contributed by atoms with Crippen LogP contribution in [0.4, 0.5) is 11.4 Å². The highest BCUT2D eigenvalue weighted by Gasteiger charge is 2.14. The molecule has 4 rings (SSSR count). The zero-order valence-corrected chi connectivity index (χ0v) is 20.9. The van der Waals surface area contributed by atoms with Crippen LogP contribution < -0.4 is 16.4 Å². The Bertz CT molecular complexity index is 1430. The summed E-state index contributed by atoms with van der Waals surface area (Å²) in [6, 6.07) is 24.7. The maximum absolute atomic E-state index is 13.1. The Morgan fingerprint density at radius 3 is 2.24 bits per heavy atom. The SMILES string of the molecule is COC(=O)c1ccc(C=C(C(=O)NCc2ccc(C(=O)Nc3ccccc3N)cc2)c2cccs2)cc1. The van der Waals surface area contributed by atoms with Crippen molar-refractivity contribution < 1.29 is 19.1 Å². The number of anilines is 2. The van der Waals surface area contributed by atoms with Crippen LogP contribution in [0.3, 0.4) is 0 Å². The first-order chi connectivity index (χ1) is 17.9. The van der Waals surface area contributed by atoms with Gasteiger partial charge in [0.1, 0.15) is 0 Å². The molecule has 1 heterocycles. The van der Waals surface area contributed by atoms with Gasteiger partial charge in [0.25, 0.3) is 11.8 Å². The predicted molar refractivity (Wildman–Crippen MR) is 147 cm³/mol. The Balaban J connectivity index is 1.43. The van der Waals surface area contributed by atoms with E-state index in [0.29, 0.717) is 28.1 Å². The lowest BCUT2D eigenvalue weighted by molar-refractivity contribution is -0.115. The number of hydrogen-bond donors (Lipinski definition) is 3. The molecular formula is C29H25N3O4S. The molecule has 0 aliphatic carbocycles. The zero-order valence-electron chi connectivity index (χ0n) is 20.1. The number of carbonyl (C=O) groups excluding carboxylic acids is 3. The molecule has 0 fully saturated rings. The van der Waals surface area contributed by atoms with Gasteiger partial charge in [-0.25, -0.2) is 4.79 Å². The van der Waals surface area contributed by atoms with Gasteiger partial charge < -0.3 is 21.1 Å². The Morgan fingerprint density at radius 2 is 1.59 bits per heavy atom. The summed E-state index contributed by atoms with van der Waals surface area (Å²) in [5.41, 5.74) is 9.99. The molecule has 0 aliphatic rings. The summed E-state index contributed by atoms with van der Waals surface area (Å²) >= 11 is 1.46. The number of hydrogen-bond acceptors (Lipinski definition) is 6. The lowest BCUT2D eigenvalue weighted by atomic mass is 10.1. The van der Waals surface area contributed by atoms with Gasteiger partial charge in [-0.2, -0.15) is 0 Å². The molecule has 4 aromatic rings. The number of carbonyl (C=O) groups is 3. The van der Waals surface area contributed by atoms with Crippen molar-refractivity contribution in [1.29, 1.82) is 0 Å². The average Bonchev–Trinajstić information content (AvgIpc) is 3.46. The van der Waals surface area contributed by atoms with E-state index in [2.05, 4.69) is 10.6 Å². The number of esters is 1. The normalized spacial score (nSPS) is 11.0. The van der Waals surface area contributed by atoms with Crippen LogP contribution in [0.5, 0.6) is 0 Å². The Morgan fingerprint density at radius 1 is 0.892 bits per heavy atom. The van der Waals surface area contributed by atoms with Crippen LogP contribution in [0.1, 0.15) is 36.7 Å². The number of thiophene rings is 1. The lowest BCUT2D eigenvalue weighted by Crippen LogP contribution is -2.23. The molecule has 1 aromatic heterocycles. The number of methoxy groups -OCH3 is 1. The van der Waals surface area contributed by atoms with Crippen molar-refractivity contribution in [2.75, 3.05) is 18.2 Å². The zero-order chi connectivity index (χ0) is 26.2. The molecule has 186 valence electrons. The van der Waals surface area contributed by atoms with E-state index in [4.69, 9.17) is 10.5 Å². The van der Waals surface area contributed by atoms with Gasteiger partial charge in [-0.3, -0.25) is 9.59 Å². The highest BCUT2D eigenvalue weighted by molar-refractivity contribution is 7.11. The van der Waals surface area contributed by atoms with Crippen molar-refractivity contribution >= 4 is 52.1 Å². The standard InChI is InChI=1S/C29H25N3O4S/c1-36-29(35)22-14-8-19(9-15-22)17-23(26-7-4-16-37-26)28(34)31-18-20-10-12-21(13-11-20)27(33)32-25-6-3-2-5-24(25)30/h2-17H,18,30H2,1H3,(H,31,34)(H,32,33). The first-order valence-corrected chi connectivity index (χ1v) is 12.3. The number of nitrogens with two attached hydrogens (primary N) is 1. The highest BCUT2D eigenvalue weighted by atomic mass is 32.1. The van der Waals surface area contributed by atoms with Crippen LogP contribution in [0.25, 0.3) is 11.6 Å². The molecule has 0 saturated heterocycles. The number of nitrogen functional groups attached to an aromatic ring is 1. The minimum Gasteiger partial charge on any atom is -0.465 e. The molecule has 37 heavy (non-hydrogen) atoms. The highest BCUT2D eigenvalue weighted by Crippen LogP contribution is 2.24. The number of nitrogens with one attached hydrogen (secondary N) is 2. The predicted octanol–water partition coefficient (Wildman–Crippen LogP) is 5.23. The largest absolute Gasteiger partial charge is 0.465 e. The molecule has 8 heteroatoms. The van der Waals surface area contributed by atoms with E-state index in [1.165, 1.54) is 18.4 Å². The quantitative estimate of drug-likeness (QED) is 0.171. The van der Waals surface area contributed by atoms with Gasteiger partial charge in [-0.1, -0.05) is 42.5 Å². The van der Waals surface area contributed by atoms with Gasteiger partial charge in [-0.05, 0) is 65.0 Å². The number of para-hydroxylation sites is 2. The smallest absolute Gasteiger partial charge is 0.337 e. The van der Waals surface area contributed by atoms with E-state index in [1.54, 1.807) is 78.9 Å². The van der Waals surface area contributed by atoms with Crippen LogP contribution in [-0.2, 0) is 16.1 Å². The monoisotopic (exact) mass is 511 g/mol. The van der Waals surface area contributed by atoms with Crippen molar-refractivity contribution in [3.63, 3.8) is 0 Å². The topological polar surface area (TPSA) is 111 Å². The Hall–Kier alpha value is -4.69. The van der Waals surface area contributed by atoms with E-state index in [9.17, 15) is 14.4 Å². The fourth-order valence-electron chi connectivity index (χ4n) is 3.54. The summed E-state index contributed by atoms with van der Waals surface area (Å²) in [5, 5.41) is 7.65. The summed E-state index contributed by atoms with van der Waals surface area (Å²) < 4.78 is 4.74. The average molecular weight is 512 g/mol. The first-order valence-electron chi connectivity index (χ1n) is 11.4. The van der Waals surface area contributed by atoms with Crippen molar-refractivity contribution in [1.82, 2.24) is 5.32 Å². The summed E-state index contributed by atoms with van der Waals surface area (Å²) in [7, 11) is 1.33. The lowest BCUT2D eigenvalue weighted by Gasteiger charge is -2.10. The van der Waals surface area contributed by atoms with Crippen LogP contribution in [0.15, 0.2) is 90.3 Å². The minimum absolute atomic E-state index is 0.235. The fourth-order valence-corrected chi connectivity index (χ4v) is 4.28. The van der Waals surface area contributed by atoms with E-state index in [1.807, 2.05) is 17.5 Å². The van der Waals surface area contributed by atoms with Gasteiger partial charge >= 0.3 is 5.97 Å². The second-order valence-electron chi connectivity index (χ2n) is 8.07. The summed E-state index contributed by atoms with van der Waals surface area (Å²) in [6.07, 6.45) is 1.78. The van der Waals surface area contributed by atoms with Crippen LogP contribution in [0.2, 0.25) is 0 Å². The maximum atomic E-state index is 13.1. The third-order valence-corrected chi connectivity index (χ3v) is 6.46. The van der Waals surface area contributed by atoms with Crippen molar-refractivity contribution in [3.05, 3.63) is 117 Å². The maximum Gasteiger partial charge on any atom is 0.337 e. The molecule has 7 nitrogen and oxygen atoms in total. The third kappa shape index (κ3) is 6.50. The Labute approximate surface area is 218 Å². The number of amides is 2. The Kier molecular flexibility index (Phi) is 8.12. The second-order valence-corrected chi connectivity index (χ2v) is 9.02. The first kappa shape index (κ1) is 25.4. The molecule has 0 unspecified atom stereocenters. The number of ether oxygens (including phenoxy) is 1. The van der Waals surface area contributed by atoms with Crippen molar-refractivity contribution in [2.24, 2.45) is 0 Å². The second kappa shape index (κ2) is 11.8. The van der Waals surface area contributed by atoms with Gasteiger partial charge in [0.15, 0.2) is 0 Å². The molecule has 2 amide bonds. The van der Waals surface area contributed by atoms with Crippen LogP contribution in [0, 0.1) is 0 Å². The third-order valence-electron chi connectivity index (χ3n) is 5.55. The van der Waals surface area contributed by atoms with Crippen LogP contribution >= 0.6 is 11.3 Å². The molecular weight excluding hydrogens is 486 g/mol. The van der Waals surface area contributed by atoms with E-state index in [-0.39, 0.29) is 18.4 Å². The fraction of sp³-hybridized carbons (Fsp3) is 0.0690. The molecule has 0 bridgehead atoms. The molecule has 0 atom stereocenters. The van der Waals surface area contributed by atoms with Crippen molar-refractivity contribution in [3.8, 4) is 0 Å². The van der Waals surface area contributed by atoms with E-state index in [0.717, 1.165) is 16.0 Å². The molecule has 0 radical (unpaired) electrons. The van der Waals surface area contributed by atoms with Gasteiger partial charge in [-0.15, -0.1) is 11.3 Å². The van der Waals surface area contributed by atoms with Crippen molar-refractivity contribution in [2.45, 2.75) is 6.54 Å². The van der Waals surface area contributed by atoms with Crippen LogP contribution in [-0.4, -0.2) is 24.9 Å². The van der Waals surface area contributed by atoms with Gasteiger partial charge in [0, 0.05) is 17.0 Å². The van der Waals surface area contributed by atoms with Gasteiger partial charge in [0.05, 0.1) is 29.6 Å². The molecule has 0 aliphatic heterocycles. The van der Waals surface area contributed by atoms with E-state index < -0.39 is 5.97 Å². The minimum atomic E-state index is -0.417. The van der Waals surface area contributed by atoms with Gasteiger partial charge in [0.2, 0.25) is 0 Å². The summed E-state index contributed by atoms with van der Waals surface area (Å²) in [5.74, 6) is -0.921. The molecule has 0 spiro atoms. The summed E-state index contributed by atoms with van der Waals surface area (Å²) in [6.45, 7) is 0.288. The summed E-state index contributed by atoms with van der Waals surface area (Å²) in [4.78, 5) is 38.2. The molecule has 3 aromatic carbocycles. The molecule has 4 N–H and O–H groups in total. The number of rotatable bonds is 8. The van der Waals surface area contributed by atoms with E-state index >= 15 is 0 Å². The number of benzene rings is 3. The molecule has 0 saturated carbocycles.